The molecule has 3 heteroatoms. The molecule has 0 aromatic heterocycles. The first-order valence-corrected chi connectivity index (χ1v) is 10.9. The van der Waals surface area contributed by atoms with Gasteiger partial charge in [-0.05, 0) is 0 Å². The Morgan fingerprint density at radius 1 is 0.783 bits per heavy atom. The van der Waals surface area contributed by atoms with Crippen LogP contribution >= 0.6 is 24.8 Å². The molecule has 0 aromatic carbocycles. The first kappa shape index (κ1) is 23.4. The summed E-state index contributed by atoms with van der Waals surface area (Å²) in [5.41, 5.74) is 6.62. The van der Waals surface area contributed by atoms with Gasteiger partial charge in [0.1, 0.15) is 0 Å². The molecule has 0 fully saturated rings. The van der Waals surface area contributed by atoms with Crippen LogP contribution in [0, 0.1) is 11.8 Å². The predicted molar refractivity (Wildman–Crippen MR) is 104 cm³/mol. The van der Waals surface area contributed by atoms with Crippen LogP contribution in [-0.4, -0.2) is 0 Å². The third-order valence-electron chi connectivity index (χ3n) is 4.43. The van der Waals surface area contributed by atoms with Crippen molar-refractivity contribution in [2.24, 2.45) is 11.8 Å². The van der Waals surface area contributed by atoms with Gasteiger partial charge >= 0.3 is 143 Å². The van der Waals surface area contributed by atoms with Crippen molar-refractivity contribution >= 4 is 24.8 Å². The second-order valence-electron chi connectivity index (χ2n) is 7.42. The molecule has 0 atom stereocenters. The Morgan fingerprint density at radius 3 is 1.43 bits per heavy atom. The molecule has 0 amide bonds. The smallest absolute Gasteiger partial charge is 0.147 e. The summed E-state index contributed by atoms with van der Waals surface area (Å²) >= 11 is -0.548. The number of halogens is 2. The van der Waals surface area contributed by atoms with Crippen LogP contribution in [0.3, 0.4) is 0 Å². The van der Waals surface area contributed by atoms with E-state index in [0.717, 1.165) is 11.8 Å². The van der Waals surface area contributed by atoms with Crippen LogP contribution in [0.2, 0.25) is 0 Å². The molecule has 0 radical (unpaired) electrons. The first-order valence-electron chi connectivity index (χ1n) is 8.43. The zero-order chi connectivity index (χ0) is 15.6. The van der Waals surface area contributed by atoms with Gasteiger partial charge in [-0.1, -0.05) is 0 Å². The summed E-state index contributed by atoms with van der Waals surface area (Å²) in [7, 11) is 0. The second kappa shape index (κ2) is 10.4. The number of allylic oxidation sites excluding steroid dienone is 8. The molecule has 0 N–H and O–H groups in total. The van der Waals surface area contributed by atoms with Crippen LogP contribution in [-0.2, 0) is 23.2 Å². The second-order valence-corrected chi connectivity index (χ2v) is 11.0. The summed E-state index contributed by atoms with van der Waals surface area (Å²) in [4.78, 5) is 0. The quantitative estimate of drug-likeness (QED) is 0.414. The Hall–Kier alpha value is 0.423. The van der Waals surface area contributed by atoms with Gasteiger partial charge in [0.05, 0.1) is 0 Å². The summed E-state index contributed by atoms with van der Waals surface area (Å²) in [5, 5.41) is 0. The Bertz CT molecular complexity index is 486. The van der Waals surface area contributed by atoms with Crippen LogP contribution in [0.5, 0.6) is 0 Å². The van der Waals surface area contributed by atoms with E-state index in [0.29, 0.717) is 0 Å². The molecule has 0 nitrogen and oxygen atoms in total. The predicted octanol–water partition coefficient (Wildman–Crippen LogP) is 7.21. The van der Waals surface area contributed by atoms with Crippen molar-refractivity contribution < 1.29 is 23.2 Å². The third kappa shape index (κ3) is 6.34. The number of hydrogen-bond acceptors (Lipinski definition) is 0. The summed E-state index contributed by atoms with van der Waals surface area (Å²) in [6.07, 6.45) is 10.1. The summed E-state index contributed by atoms with van der Waals surface area (Å²) in [5.74, 6) is 1.56. The van der Waals surface area contributed by atoms with E-state index >= 15 is 0 Å². The standard InChI is InChI=1S/2C10H15.2ClH.Zr/c2*1-8(2)7-10-6-4-5-9(10)3;;;/h2*5,8H,4,7H2,1-3H3;2*1H;. The monoisotopic (exact) mass is 432 g/mol. The van der Waals surface area contributed by atoms with Crippen molar-refractivity contribution in [3.05, 3.63) is 41.0 Å². The summed E-state index contributed by atoms with van der Waals surface area (Å²) < 4.78 is 3.73. The van der Waals surface area contributed by atoms with Gasteiger partial charge in [-0.3, -0.25) is 0 Å². The zero-order valence-corrected chi connectivity index (χ0v) is 19.5. The van der Waals surface area contributed by atoms with E-state index < -0.39 is 23.2 Å². The van der Waals surface area contributed by atoms with Crippen molar-refractivity contribution in [1.82, 2.24) is 0 Å². The Morgan fingerprint density at radius 2 is 1.13 bits per heavy atom. The average Bonchev–Trinajstić information content (AvgIpc) is 2.88. The number of hydrogen-bond donors (Lipinski definition) is 0. The van der Waals surface area contributed by atoms with Crippen molar-refractivity contribution in [2.75, 3.05) is 0 Å². The third-order valence-corrected chi connectivity index (χ3v) is 8.40. The average molecular weight is 435 g/mol. The van der Waals surface area contributed by atoms with Gasteiger partial charge in [-0.25, -0.2) is 0 Å². The van der Waals surface area contributed by atoms with Crippen molar-refractivity contribution in [3.8, 4) is 0 Å². The minimum Gasteiger partial charge on any atom is -0.147 e. The van der Waals surface area contributed by atoms with E-state index in [1.807, 2.05) is 6.56 Å². The van der Waals surface area contributed by atoms with Gasteiger partial charge in [-0.2, -0.15) is 0 Å². The minimum absolute atomic E-state index is 0. The molecule has 0 aliphatic heterocycles. The molecule has 0 heterocycles. The molecular formula is C20H32Cl2Zr. The number of rotatable bonds is 6. The Balaban J connectivity index is 0.00000242. The summed E-state index contributed by atoms with van der Waals surface area (Å²) in [6.45, 7) is 14.1. The van der Waals surface area contributed by atoms with Crippen molar-refractivity contribution in [3.63, 3.8) is 0 Å². The molecule has 2 aliphatic rings. The molecule has 0 unspecified atom stereocenters. The van der Waals surface area contributed by atoms with E-state index in [1.54, 1.807) is 22.3 Å². The van der Waals surface area contributed by atoms with Crippen LogP contribution < -0.4 is 0 Å². The molecule has 2 rings (SSSR count). The van der Waals surface area contributed by atoms with Crippen LogP contribution in [0.4, 0.5) is 0 Å². The van der Waals surface area contributed by atoms with Gasteiger partial charge < -0.3 is 0 Å². The van der Waals surface area contributed by atoms with Gasteiger partial charge in [0, 0.05) is 0 Å². The fourth-order valence-corrected chi connectivity index (χ4v) is 7.41. The molecule has 130 valence electrons. The van der Waals surface area contributed by atoms with Crippen LogP contribution in [0.25, 0.3) is 0 Å². The molecule has 0 saturated carbocycles. The van der Waals surface area contributed by atoms with Crippen LogP contribution in [0.1, 0.15) is 67.2 Å². The normalized spacial score (nSPS) is 17.4. The molecule has 0 aromatic rings. The SMILES string of the molecule is CC1=CC[C]([Zr][C]2=C(CC(C)C)C(C)=CC2)=C1CC(C)C.Cl.Cl. The van der Waals surface area contributed by atoms with Crippen molar-refractivity contribution in [1.29, 1.82) is 0 Å². The minimum atomic E-state index is -0.548. The van der Waals surface area contributed by atoms with E-state index in [4.69, 9.17) is 0 Å². The Kier molecular flexibility index (Phi) is 10.6. The topological polar surface area (TPSA) is 0 Å². The summed E-state index contributed by atoms with van der Waals surface area (Å²) in [6, 6.07) is 0. The molecule has 0 spiro atoms. The molecule has 0 bridgehead atoms. The van der Waals surface area contributed by atoms with Gasteiger partial charge in [0.15, 0.2) is 0 Å². The van der Waals surface area contributed by atoms with Crippen molar-refractivity contribution in [2.45, 2.75) is 67.2 Å². The maximum atomic E-state index is 2.48. The maximum absolute atomic E-state index is 2.48. The zero-order valence-electron chi connectivity index (χ0n) is 15.5. The fraction of sp³-hybridized carbons (Fsp3) is 0.600. The molecule has 23 heavy (non-hydrogen) atoms. The Labute approximate surface area is 167 Å². The van der Waals surface area contributed by atoms with E-state index in [-0.39, 0.29) is 24.8 Å². The molecule has 2 aliphatic carbocycles. The first-order chi connectivity index (χ1) is 9.88. The van der Waals surface area contributed by atoms with Gasteiger partial charge in [0.25, 0.3) is 0 Å². The van der Waals surface area contributed by atoms with Gasteiger partial charge in [0.2, 0.25) is 0 Å². The van der Waals surface area contributed by atoms with E-state index in [1.165, 1.54) is 25.7 Å². The molecule has 0 saturated heterocycles. The van der Waals surface area contributed by atoms with Gasteiger partial charge in [-0.15, -0.1) is 24.8 Å². The van der Waals surface area contributed by atoms with Crippen LogP contribution in [0.15, 0.2) is 41.0 Å². The largest absolute Gasteiger partial charge is 0.147 e. The molecular weight excluding hydrogens is 402 g/mol. The fourth-order valence-electron chi connectivity index (χ4n) is 3.30. The van der Waals surface area contributed by atoms with E-state index in [9.17, 15) is 0 Å². The maximum Gasteiger partial charge on any atom is -0.147 e. The van der Waals surface area contributed by atoms with E-state index in [2.05, 4.69) is 53.7 Å².